The number of ketones is 1. The van der Waals surface area contributed by atoms with E-state index in [1.54, 1.807) is 26.0 Å². The number of ether oxygens (including phenoxy) is 2. The molecule has 1 aliphatic carbocycles. The van der Waals surface area contributed by atoms with Crippen LogP contribution in [-0.2, 0) is 24.5 Å². The van der Waals surface area contributed by atoms with E-state index in [0.29, 0.717) is 23.1 Å². The summed E-state index contributed by atoms with van der Waals surface area (Å²) in [6.45, 7) is 7.43. The van der Waals surface area contributed by atoms with Crippen LogP contribution >= 0.6 is 0 Å². The largest absolute Gasteiger partial charge is 0.465 e. The summed E-state index contributed by atoms with van der Waals surface area (Å²) in [5.41, 5.74) is 2.81. The van der Waals surface area contributed by atoms with E-state index in [4.69, 9.17) is 9.47 Å². The molecule has 5 heteroatoms. The first-order valence-corrected chi connectivity index (χ1v) is 11.7. The van der Waals surface area contributed by atoms with Crippen LogP contribution in [0.15, 0.2) is 54.1 Å². The Morgan fingerprint density at radius 3 is 1.97 bits per heavy atom. The second-order valence-electron chi connectivity index (χ2n) is 8.18. The number of fused-ring (bicyclic) bond motifs is 1. The zero-order valence-electron chi connectivity index (χ0n) is 19.9. The van der Waals surface area contributed by atoms with Crippen LogP contribution in [-0.4, -0.2) is 30.9 Å². The molecule has 0 amide bonds. The topological polar surface area (TPSA) is 69.7 Å². The number of hydrogen-bond acceptors (Lipinski definition) is 5. The van der Waals surface area contributed by atoms with E-state index in [0.717, 1.165) is 36.0 Å². The first-order chi connectivity index (χ1) is 15.9. The lowest BCUT2D eigenvalue weighted by atomic mass is 9.75. The van der Waals surface area contributed by atoms with Gasteiger partial charge in [0, 0.05) is 5.56 Å². The molecule has 174 valence electrons. The summed E-state index contributed by atoms with van der Waals surface area (Å²) in [5, 5.41) is 0. The number of unbranched alkanes of at least 4 members (excludes halogenated alkanes) is 2. The van der Waals surface area contributed by atoms with Crippen LogP contribution in [0.25, 0.3) is 5.57 Å². The maximum absolute atomic E-state index is 13.6. The van der Waals surface area contributed by atoms with Gasteiger partial charge in [0.1, 0.15) is 0 Å². The monoisotopic (exact) mass is 448 g/mol. The van der Waals surface area contributed by atoms with E-state index >= 15 is 0 Å². The first-order valence-electron chi connectivity index (χ1n) is 11.7. The predicted octanol–water partition coefficient (Wildman–Crippen LogP) is 5.65. The molecular formula is C28H32O5. The number of carbonyl (C=O) groups excluding carboxylic acids is 3. The van der Waals surface area contributed by atoms with Gasteiger partial charge in [-0.15, -0.1) is 0 Å². The van der Waals surface area contributed by atoms with Gasteiger partial charge < -0.3 is 9.47 Å². The zero-order chi connectivity index (χ0) is 24.0. The van der Waals surface area contributed by atoms with Gasteiger partial charge in [-0.25, -0.2) is 0 Å². The molecule has 0 bridgehead atoms. The molecular weight excluding hydrogens is 416 g/mol. The lowest BCUT2D eigenvalue weighted by Gasteiger charge is -2.29. The summed E-state index contributed by atoms with van der Waals surface area (Å²) >= 11 is 0. The molecule has 0 unspecified atom stereocenters. The van der Waals surface area contributed by atoms with E-state index in [9.17, 15) is 14.4 Å². The third kappa shape index (κ3) is 4.37. The molecule has 3 rings (SSSR count). The summed E-state index contributed by atoms with van der Waals surface area (Å²) < 4.78 is 11.0. The average Bonchev–Trinajstić information content (AvgIpc) is 3.10. The summed E-state index contributed by atoms with van der Waals surface area (Å²) in [6, 6.07) is 14.8. The van der Waals surface area contributed by atoms with Crippen molar-refractivity contribution < 1.29 is 23.9 Å². The minimum absolute atomic E-state index is 0.0158. The fraction of sp³-hybridized carbons (Fsp3) is 0.393. The molecule has 2 aromatic rings. The second-order valence-corrected chi connectivity index (χ2v) is 8.18. The fourth-order valence-electron chi connectivity index (χ4n) is 4.63. The van der Waals surface area contributed by atoms with Crippen LogP contribution < -0.4 is 0 Å². The second kappa shape index (κ2) is 10.6. The van der Waals surface area contributed by atoms with E-state index in [-0.39, 0.29) is 19.0 Å². The maximum Gasteiger partial charge on any atom is 0.332 e. The molecule has 33 heavy (non-hydrogen) atoms. The van der Waals surface area contributed by atoms with Gasteiger partial charge in [-0.1, -0.05) is 68.3 Å². The van der Waals surface area contributed by atoms with E-state index in [1.807, 2.05) is 36.4 Å². The number of benzene rings is 2. The van der Waals surface area contributed by atoms with Gasteiger partial charge in [0.05, 0.1) is 13.2 Å². The molecule has 0 N–H and O–H groups in total. The zero-order valence-corrected chi connectivity index (χ0v) is 19.9. The average molecular weight is 449 g/mol. The Kier molecular flexibility index (Phi) is 7.85. The molecule has 2 aromatic carbocycles. The molecule has 0 radical (unpaired) electrons. The van der Waals surface area contributed by atoms with Crippen molar-refractivity contribution >= 4 is 23.3 Å². The molecule has 1 aliphatic rings. The molecule has 5 nitrogen and oxygen atoms in total. The van der Waals surface area contributed by atoms with Crippen molar-refractivity contribution in [3.8, 4) is 0 Å². The van der Waals surface area contributed by atoms with Crippen LogP contribution in [0.3, 0.4) is 0 Å². The van der Waals surface area contributed by atoms with Gasteiger partial charge in [-0.05, 0) is 61.4 Å². The first kappa shape index (κ1) is 24.4. The molecule has 0 aromatic heterocycles. The Hall–Kier alpha value is -3.21. The maximum atomic E-state index is 13.6. The Bertz CT molecular complexity index is 1040. The van der Waals surface area contributed by atoms with E-state index < -0.39 is 17.4 Å². The minimum atomic E-state index is -1.63. The number of esters is 2. The normalized spacial score (nSPS) is 14.1. The number of Topliss-reactive ketones (excluding diaryl/α,β-unsaturated/α-hetero) is 1. The Labute approximate surface area is 195 Å². The van der Waals surface area contributed by atoms with Gasteiger partial charge in [0.15, 0.2) is 5.78 Å². The van der Waals surface area contributed by atoms with Gasteiger partial charge in [-0.2, -0.15) is 0 Å². The summed E-state index contributed by atoms with van der Waals surface area (Å²) in [6.07, 6.45) is 3.37. The van der Waals surface area contributed by atoms with Crippen LogP contribution in [0.2, 0.25) is 0 Å². The third-order valence-corrected chi connectivity index (χ3v) is 6.13. The fourth-order valence-corrected chi connectivity index (χ4v) is 4.63. The Morgan fingerprint density at radius 2 is 1.42 bits per heavy atom. The molecule has 0 saturated carbocycles. The van der Waals surface area contributed by atoms with Gasteiger partial charge in [0.25, 0.3) is 0 Å². The smallest absolute Gasteiger partial charge is 0.332 e. The van der Waals surface area contributed by atoms with Gasteiger partial charge in [0.2, 0.25) is 5.41 Å². The highest BCUT2D eigenvalue weighted by Crippen LogP contribution is 2.52. The van der Waals surface area contributed by atoms with Crippen molar-refractivity contribution in [2.75, 3.05) is 13.2 Å². The highest BCUT2D eigenvalue weighted by molar-refractivity contribution is 6.16. The third-order valence-electron chi connectivity index (χ3n) is 6.13. The SMILES string of the molecule is CCCCCC1=C(c2ccc(C(C)=O)cc2)c2ccccc2C1(C(=O)OCC)C(=O)OCC. The number of carbonyl (C=O) groups is 3. The standard InChI is InChI=1S/C28H32O5/c1-5-8-9-14-24-25(21-17-15-20(16-18-21)19(4)29)22-12-10-11-13-23(22)28(24,26(30)32-6-2)27(31)33-7-3/h10-13,15-18H,5-9,14H2,1-4H3. The Balaban J connectivity index is 2.34. The molecule has 0 saturated heterocycles. The highest BCUT2D eigenvalue weighted by atomic mass is 16.6. The summed E-state index contributed by atoms with van der Waals surface area (Å²) in [7, 11) is 0. The van der Waals surface area contributed by atoms with E-state index in [2.05, 4.69) is 6.92 Å². The van der Waals surface area contributed by atoms with Gasteiger partial charge in [-0.3, -0.25) is 14.4 Å². The van der Waals surface area contributed by atoms with Crippen molar-refractivity contribution in [2.24, 2.45) is 0 Å². The van der Waals surface area contributed by atoms with Crippen molar-refractivity contribution in [3.05, 3.63) is 76.4 Å². The molecule has 0 aliphatic heterocycles. The van der Waals surface area contributed by atoms with E-state index in [1.165, 1.54) is 6.92 Å². The van der Waals surface area contributed by atoms with Crippen LogP contribution in [0.4, 0.5) is 0 Å². The lowest BCUT2D eigenvalue weighted by Crippen LogP contribution is -2.46. The summed E-state index contributed by atoms with van der Waals surface area (Å²) in [4.78, 5) is 39.0. The van der Waals surface area contributed by atoms with Crippen LogP contribution in [0.1, 0.15) is 80.4 Å². The van der Waals surface area contributed by atoms with Gasteiger partial charge >= 0.3 is 11.9 Å². The van der Waals surface area contributed by atoms with Crippen molar-refractivity contribution in [1.29, 1.82) is 0 Å². The number of hydrogen-bond donors (Lipinski definition) is 0. The molecule has 0 heterocycles. The summed E-state index contributed by atoms with van der Waals surface area (Å²) in [5.74, 6) is -1.21. The van der Waals surface area contributed by atoms with Crippen LogP contribution in [0, 0.1) is 0 Å². The Morgan fingerprint density at radius 1 is 0.818 bits per heavy atom. The highest BCUT2D eigenvalue weighted by Gasteiger charge is 2.58. The van der Waals surface area contributed by atoms with Crippen molar-refractivity contribution in [1.82, 2.24) is 0 Å². The number of rotatable bonds is 10. The van der Waals surface area contributed by atoms with Crippen molar-refractivity contribution in [3.63, 3.8) is 0 Å². The molecule has 0 fully saturated rings. The minimum Gasteiger partial charge on any atom is -0.465 e. The quantitative estimate of drug-likeness (QED) is 0.203. The predicted molar refractivity (Wildman–Crippen MR) is 128 cm³/mol. The van der Waals surface area contributed by atoms with Crippen molar-refractivity contribution in [2.45, 2.75) is 58.8 Å². The molecule has 0 atom stereocenters. The van der Waals surface area contributed by atoms with Crippen LogP contribution in [0.5, 0.6) is 0 Å². The molecule has 0 spiro atoms. The lowest BCUT2D eigenvalue weighted by molar-refractivity contribution is -0.162.